The second-order valence-corrected chi connectivity index (χ2v) is 21.1. The van der Waals surface area contributed by atoms with Crippen molar-refractivity contribution in [3.8, 4) is 39.6 Å². The van der Waals surface area contributed by atoms with Crippen LogP contribution in [0.15, 0.2) is 168 Å². The van der Waals surface area contributed by atoms with E-state index in [0.717, 1.165) is 72.4 Å². The van der Waals surface area contributed by atoms with E-state index >= 15 is 0 Å². The Morgan fingerprint density at radius 3 is 1.77 bits per heavy atom. The number of hydrogen-bond acceptors (Lipinski definition) is 5. The molecule has 0 amide bonds. The van der Waals surface area contributed by atoms with Crippen molar-refractivity contribution in [3.63, 3.8) is 0 Å². The van der Waals surface area contributed by atoms with E-state index in [1.54, 1.807) is 6.26 Å². The van der Waals surface area contributed by atoms with Gasteiger partial charge in [0.15, 0.2) is 0 Å². The molecule has 1 aliphatic heterocycles. The molecule has 0 N–H and O–H groups in total. The average Bonchev–Trinajstić information content (AvgIpc) is 4.05. The zero-order valence-corrected chi connectivity index (χ0v) is 42.9. The zero-order valence-electron chi connectivity index (χ0n) is 40.6. The van der Waals surface area contributed by atoms with Crippen LogP contribution in [0.5, 0.6) is 11.5 Å². The molecule has 0 fully saturated rings. The summed E-state index contributed by atoms with van der Waals surface area (Å²) in [5.41, 5.74) is 14.4. The summed E-state index contributed by atoms with van der Waals surface area (Å²) in [6, 6.07) is 63.5. The zero-order chi connectivity index (χ0) is 47.1. The minimum Gasteiger partial charge on any atom is -0.509 e. The molecule has 4 heterocycles. The third-order valence-corrected chi connectivity index (χ3v) is 13.2. The number of fused-ring (bicyclic) bond motifs is 5. The van der Waals surface area contributed by atoms with E-state index in [4.69, 9.17) is 14.1 Å². The number of para-hydroxylation sites is 3. The second kappa shape index (κ2) is 17.3. The van der Waals surface area contributed by atoms with Crippen molar-refractivity contribution in [2.75, 3.05) is 9.80 Å². The van der Waals surface area contributed by atoms with E-state index in [2.05, 4.69) is 241 Å². The number of ether oxygens (including phenoxy) is 1. The van der Waals surface area contributed by atoms with Gasteiger partial charge in [0, 0.05) is 71.7 Å². The summed E-state index contributed by atoms with van der Waals surface area (Å²) in [6.07, 6.45) is 1.72. The van der Waals surface area contributed by atoms with Crippen LogP contribution in [0.2, 0.25) is 0 Å². The molecule has 0 atom stereocenters. The molecule has 69 heavy (non-hydrogen) atoms. The molecular weight excluding hydrogens is 1030 g/mol. The van der Waals surface area contributed by atoms with Gasteiger partial charge in [-0.05, 0) is 86.3 Å². The third kappa shape index (κ3) is 8.33. The summed E-state index contributed by atoms with van der Waals surface area (Å²) in [6.45, 7) is 22.5. The number of pyridine rings is 1. The van der Waals surface area contributed by atoms with Gasteiger partial charge in [-0.3, -0.25) is 0 Å². The molecule has 11 rings (SSSR count). The van der Waals surface area contributed by atoms with Crippen LogP contribution in [0.25, 0.3) is 61.0 Å². The van der Waals surface area contributed by atoms with Gasteiger partial charge < -0.3 is 23.5 Å². The van der Waals surface area contributed by atoms with Crippen molar-refractivity contribution in [1.82, 2.24) is 9.55 Å². The topological polar surface area (TPSA) is 46.7 Å². The first-order chi connectivity index (χ1) is 32.6. The van der Waals surface area contributed by atoms with Gasteiger partial charge in [0.1, 0.15) is 5.82 Å². The molecule has 0 spiro atoms. The van der Waals surface area contributed by atoms with E-state index in [-0.39, 0.29) is 37.3 Å². The van der Waals surface area contributed by atoms with Gasteiger partial charge in [0.05, 0.1) is 6.26 Å². The largest absolute Gasteiger partial charge is 0.509 e. The van der Waals surface area contributed by atoms with Crippen LogP contribution in [0.4, 0.5) is 22.7 Å². The molecular formula is C62H55N4O2Pt-3. The number of nitrogens with zero attached hydrogens (tertiary/aromatic N) is 4. The maximum atomic E-state index is 6.93. The Balaban J connectivity index is 0.00000553. The van der Waals surface area contributed by atoms with Crippen LogP contribution in [-0.2, 0) is 37.3 Å². The van der Waals surface area contributed by atoms with Crippen molar-refractivity contribution in [2.24, 2.45) is 0 Å². The number of furan rings is 1. The molecule has 3 aromatic heterocycles. The monoisotopic (exact) mass is 1080 g/mol. The first-order valence-corrected chi connectivity index (χ1v) is 23.5. The van der Waals surface area contributed by atoms with Crippen LogP contribution in [0.3, 0.4) is 0 Å². The Morgan fingerprint density at radius 1 is 0.536 bits per heavy atom. The Hall–Kier alpha value is -6.88. The van der Waals surface area contributed by atoms with Crippen LogP contribution in [0, 0.1) is 18.8 Å². The molecule has 348 valence electrons. The van der Waals surface area contributed by atoms with E-state index in [1.807, 2.05) is 12.1 Å². The van der Waals surface area contributed by atoms with Gasteiger partial charge in [-0.25, -0.2) is 0 Å². The number of rotatable bonds is 7. The van der Waals surface area contributed by atoms with E-state index in [1.165, 1.54) is 22.3 Å². The summed E-state index contributed by atoms with van der Waals surface area (Å²) in [7, 11) is 0. The predicted molar refractivity (Wildman–Crippen MR) is 281 cm³/mol. The number of benzene rings is 7. The van der Waals surface area contributed by atoms with Crippen LogP contribution in [0.1, 0.15) is 79.0 Å². The maximum absolute atomic E-state index is 6.93. The molecule has 6 nitrogen and oxygen atoms in total. The van der Waals surface area contributed by atoms with E-state index < -0.39 is 0 Å². The number of anilines is 4. The summed E-state index contributed by atoms with van der Waals surface area (Å²) in [5, 5.41) is 3.19. The quantitative estimate of drug-likeness (QED) is 0.149. The molecule has 0 bridgehead atoms. The van der Waals surface area contributed by atoms with Gasteiger partial charge in [-0.2, -0.15) is 11.1 Å². The van der Waals surface area contributed by atoms with Gasteiger partial charge in [-0.15, -0.1) is 53.6 Å². The normalized spacial score (nSPS) is 13.1. The maximum Gasteiger partial charge on any atom is 0.228 e. The molecule has 7 heteroatoms. The molecule has 0 saturated carbocycles. The summed E-state index contributed by atoms with van der Waals surface area (Å²) in [4.78, 5) is 9.70. The smallest absolute Gasteiger partial charge is 0.228 e. The van der Waals surface area contributed by atoms with Crippen molar-refractivity contribution < 1.29 is 30.2 Å². The number of aromatic nitrogens is 2. The summed E-state index contributed by atoms with van der Waals surface area (Å²) in [5.74, 6) is 1.95. The molecule has 0 saturated heterocycles. The average molecular weight is 1080 g/mol. The Kier molecular flexibility index (Phi) is 11.5. The third-order valence-electron chi connectivity index (χ3n) is 13.2. The molecule has 0 unspecified atom stereocenters. The number of hydrogen-bond donors (Lipinski definition) is 0. The van der Waals surface area contributed by atoms with Gasteiger partial charge in [0.2, 0.25) is 5.71 Å². The Labute approximate surface area is 420 Å². The van der Waals surface area contributed by atoms with Gasteiger partial charge >= 0.3 is 0 Å². The molecule has 10 aromatic rings. The SMILES string of the molecule is CC(C)(C)c1cc(Oc2[c-]c3c(cc2)c2ccccc2n3-c2cc(C(C)(C)C)c3ccoc3n2)[c-]c(N2[CH-]N(c3c(-c4ccccc4)cc(C(C)(C)C)cc3-c3ccccc3)c3ccccc32)c1.[Pt]. The van der Waals surface area contributed by atoms with Gasteiger partial charge in [-0.1, -0.05) is 159 Å². The van der Waals surface area contributed by atoms with Crippen LogP contribution >= 0.6 is 0 Å². The summed E-state index contributed by atoms with van der Waals surface area (Å²) < 4.78 is 15.1. The van der Waals surface area contributed by atoms with Crippen molar-refractivity contribution in [2.45, 2.75) is 78.6 Å². The predicted octanol–water partition coefficient (Wildman–Crippen LogP) is 17.0. The first kappa shape index (κ1) is 45.9. The fourth-order valence-corrected chi connectivity index (χ4v) is 9.59. The minimum absolute atomic E-state index is 0. The van der Waals surface area contributed by atoms with E-state index in [0.29, 0.717) is 17.2 Å². The molecule has 7 aromatic carbocycles. The van der Waals surface area contributed by atoms with Crippen molar-refractivity contribution in [1.29, 1.82) is 0 Å². The van der Waals surface area contributed by atoms with Crippen LogP contribution < -0.4 is 14.5 Å². The second-order valence-electron chi connectivity index (χ2n) is 21.1. The molecule has 1 aliphatic rings. The van der Waals surface area contributed by atoms with Crippen LogP contribution in [-0.4, -0.2) is 9.55 Å². The van der Waals surface area contributed by atoms with Crippen molar-refractivity contribution in [3.05, 3.63) is 199 Å². The minimum atomic E-state index is -0.203. The van der Waals surface area contributed by atoms with Gasteiger partial charge in [0.25, 0.3) is 0 Å². The fraction of sp³-hybridized carbons (Fsp3) is 0.194. The van der Waals surface area contributed by atoms with Crippen molar-refractivity contribution >= 4 is 55.7 Å². The first-order valence-electron chi connectivity index (χ1n) is 23.5. The van der Waals surface area contributed by atoms with E-state index in [9.17, 15) is 0 Å². The Bertz CT molecular complexity index is 3470. The fourth-order valence-electron chi connectivity index (χ4n) is 9.59. The Morgan fingerprint density at radius 2 is 1.13 bits per heavy atom. The molecule has 0 radical (unpaired) electrons. The summed E-state index contributed by atoms with van der Waals surface area (Å²) >= 11 is 0. The standard InChI is InChI=1S/C62H55N4O2.Pt/c1-60(2,3)42-32-44(36-46(33-42)68-45-28-29-48-47-24-16-17-25-53(47)66(56(48)37-45)57-38-52(62(7,8)9)49-30-31-67-59(49)63-57)64-39-65(55-27-19-18-26-54(55)64)58-50(40-20-12-10-13-21-40)34-43(61(4,5)6)35-51(58)41-22-14-11-15-23-41;/h10-35,38-39H,1-9H3;/q-3;. The molecule has 0 aliphatic carbocycles.